The molecular formula is C25H25NO4. The van der Waals surface area contributed by atoms with Gasteiger partial charge in [0.05, 0.1) is 12.1 Å². The Morgan fingerprint density at radius 2 is 1.60 bits per heavy atom. The van der Waals surface area contributed by atoms with Crippen molar-refractivity contribution in [1.82, 2.24) is 4.90 Å². The summed E-state index contributed by atoms with van der Waals surface area (Å²) in [5, 5.41) is 2.12. The van der Waals surface area contributed by atoms with Crippen LogP contribution in [0, 0.1) is 0 Å². The van der Waals surface area contributed by atoms with Crippen molar-refractivity contribution in [2.75, 3.05) is 0 Å². The summed E-state index contributed by atoms with van der Waals surface area (Å²) in [4.78, 5) is 27.6. The Bertz CT molecular complexity index is 1060. The quantitative estimate of drug-likeness (QED) is 0.534. The number of carbonyl (C=O) groups excluding carboxylic acids is 2. The Balaban J connectivity index is 1.77. The van der Waals surface area contributed by atoms with Gasteiger partial charge < -0.3 is 9.47 Å². The minimum Gasteiger partial charge on any atom is -0.461 e. The first-order valence-corrected chi connectivity index (χ1v) is 10.2. The fourth-order valence-corrected chi connectivity index (χ4v) is 4.09. The topological polar surface area (TPSA) is 55.8 Å². The van der Waals surface area contributed by atoms with Gasteiger partial charge in [-0.3, -0.25) is 4.90 Å². The third-order valence-corrected chi connectivity index (χ3v) is 5.44. The van der Waals surface area contributed by atoms with Crippen LogP contribution < -0.4 is 0 Å². The van der Waals surface area contributed by atoms with Crippen LogP contribution in [-0.2, 0) is 14.3 Å². The second kappa shape index (κ2) is 8.19. The molecule has 3 aromatic rings. The van der Waals surface area contributed by atoms with E-state index in [0.717, 1.165) is 21.9 Å². The first kappa shape index (κ1) is 20.0. The van der Waals surface area contributed by atoms with Gasteiger partial charge >= 0.3 is 12.1 Å². The average molecular weight is 403 g/mol. The lowest BCUT2D eigenvalue weighted by Crippen LogP contribution is -2.43. The molecule has 5 nitrogen and oxygen atoms in total. The predicted molar refractivity (Wildman–Crippen MR) is 115 cm³/mol. The van der Waals surface area contributed by atoms with Crippen molar-refractivity contribution in [3.63, 3.8) is 0 Å². The molecule has 1 fully saturated rings. The van der Waals surface area contributed by atoms with E-state index in [4.69, 9.17) is 9.47 Å². The van der Waals surface area contributed by atoms with Crippen molar-refractivity contribution in [2.45, 2.75) is 45.1 Å². The highest BCUT2D eigenvalue weighted by atomic mass is 16.6. The second-order valence-corrected chi connectivity index (χ2v) is 7.80. The number of rotatable bonds is 5. The van der Waals surface area contributed by atoms with E-state index in [2.05, 4.69) is 0 Å². The second-order valence-electron chi connectivity index (χ2n) is 7.80. The maximum atomic E-state index is 13.1. The van der Waals surface area contributed by atoms with E-state index in [-0.39, 0.29) is 12.1 Å². The van der Waals surface area contributed by atoms with Gasteiger partial charge in [-0.2, -0.15) is 0 Å². The van der Waals surface area contributed by atoms with Gasteiger partial charge in [0.2, 0.25) is 0 Å². The molecule has 30 heavy (non-hydrogen) atoms. The molecule has 0 saturated carbocycles. The number of fused-ring (bicyclic) bond motifs is 1. The fraction of sp³-hybridized carbons (Fsp3) is 0.280. The monoisotopic (exact) mass is 403 g/mol. The van der Waals surface area contributed by atoms with Crippen molar-refractivity contribution in [3.8, 4) is 0 Å². The standard InChI is InChI=1S/C25H25NO4/c1-16(2)29-24(27)22-23(19-11-5-4-6-12-19)30-25(28)26(22)17(3)20-15-9-13-18-10-7-8-14-21(18)20/h4-17,22-23H,1-3H3. The number of cyclic esters (lactones) is 1. The first-order valence-electron chi connectivity index (χ1n) is 10.2. The van der Waals surface area contributed by atoms with E-state index >= 15 is 0 Å². The Morgan fingerprint density at radius 1 is 0.933 bits per heavy atom. The molecule has 0 N–H and O–H groups in total. The summed E-state index contributed by atoms with van der Waals surface area (Å²) in [6.45, 7) is 5.52. The minimum absolute atomic E-state index is 0.292. The number of nitrogens with zero attached hydrogens (tertiary/aromatic N) is 1. The summed E-state index contributed by atoms with van der Waals surface area (Å²) in [5.41, 5.74) is 1.73. The summed E-state index contributed by atoms with van der Waals surface area (Å²) in [6, 6.07) is 22.1. The maximum absolute atomic E-state index is 13.1. The molecule has 1 saturated heterocycles. The van der Waals surface area contributed by atoms with Crippen LogP contribution in [-0.4, -0.2) is 29.1 Å². The molecule has 0 bridgehead atoms. The van der Waals surface area contributed by atoms with Crippen molar-refractivity contribution in [3.05, 3.63) is 83.9 Å². The molecule has 0 radical (unpaired) electrons. The highest BCUT2D eigenvalue weighted by Crippen LogP contribution is 2.40. The van der Waals surface area contributed by atoms with E-state index in [9.17, 15) is 9.59 Å². The molecule has 1 heterocycles. The Morgan fingerprint density at radius 3 is 2.33 bits per heavy atom. The van der Waals surface area contributed by atoms with Crippen molar-refractivity contribution >= 4 is 22.8 Å². The van der Waals surface area contributed by atoms with E-state index in [0.29, 0.717) is 0 Å². The molecule has 5 heteroatoms. The number of carbonyl (C=O) groups is 2. The van der Waals surface area contributed by atoms with Gasteiger partial charge in [0.1, 0.15) is 0 Å². The molecule has 1 aliphatic heterocycles. The van der Waals surface area contributed by atoms with Crippen molar-refractivity contribution in [2.24, 2.45) is 0 Å². The highest BCUT2D eigenvalue weighted by molar-refractivity contribution is 5.89. The van der Waals surface area contributed by atoms with Crippen LogP contribution in [0.2, 0.25) is 0 Å². The highest BCUT2D eigenvalue weighted by Gasteiger charge is 2.50. The van der Waals surface area contributed by atoms with E-state index < -0.39 is 24.2 Å². The molecule has 1 aliphatic rings. The predicted octanol–water partition coefficient (Wildman–Crippen LogP) is 5.41. The summed E-state index contributed by atoms with van der Waals surface area (Å²) in [5.74, 6) is -0.461. The lowest BCUT2D eigenvalue weighted by atomic mass is 9.96. The molecule has 1 amide bonds. The SMILES string of the molecule is CC(C)OC(=O)C1C(c2ccccc2)OC(=O)N1C(C)c1cccc2ccccc12. The van der Waals surface area contributed by atoms with Crippen molar-refractivity contribution < 1.29 is 19.1 Å². The molecule has 3 unspecified atom stereocenters. The summed E-state index contributed by atoms with van der Waals surface area (Å²) in [7, 11) is 0. The molecular weight excluding hydrogens is 378 g/mol. The van der Waals surface area contributed by atoms with Gasteiger partial charge in [0.15, 0.2) is 12.1 Å². The number of benzene rings is 3. The van der Waals surface area contributed by atoms with E-state index in [1.807, 2.05) is 79.7 Å². The lowest BCUT2D eigenvalue weighted by Gasteiger charge is -2.30. The molecule has 3 aromatic carbocycles. The summed E-state index contributed by atoms with van der Waals surface area (Å²) < 4.78 is 11.2. The molecule has 154 valence electrons. The smallest absolute Gasteiger partial charge is 0.411 e. The normalized spacial score (nSPS) is 19.7. The molecule has 0 aromatic heterocycles. The average Bonchev–Trinajstić information content (AvgIpc) is 3.10. The molecule has 4 rings (SSSR count). The van der Waals surface area contributed by atoms with Gasteiger partial charge in [-0.05, 0) is 42.7 Å². The molecule has 3 atom stereocenters. The van der Waals surface area contributed by atoms with Crippen LogP contribution in [0.4, 0.5) is 4.79 Å². The van der Waals surface area contributed by atoms with Gasteiger partial charge in [-0.25, -0.2) is 9.59 Å². The molecule has 0 spiro atoms. The van der Waals surface area contributed by atoms with Gasteiger partial charge in [0, 0.05) is 0 Å². The van der Waals surface area contributed by atoms with Crippen LogP contribution in [0.15, 0.2) is 72.8 Å². The third-order valence-electron chi connectivity index (χ3n) is 5.44. The van der Waals surface area contributed by atoms with Crippen molar-refractivity contribution in [1.29, 1.82) is 0 Å². The maximum Gasteiger partial charge on any atom is 0.411 e. The van der Waals surface area contributed by atoms with Gasteiger partial charge in [0.25, 0.3) is 0 Å². The van der Waals surface area contributed by atoms with Crippen LogP contribution in [0.5, 0.6) is 0 Å². The summed E-state index contributed by atoms with van der Waals surface area (Å²) in [6.07, 6.45) is -1.53. The zero-order valence-corrected chi connectivity index (χ0v) is 17.3. The Hall–Kier alpha value is -3.34. The number of hydrogen-bond acceptors (Lipinski definition) is 4. The Kier molecular flexibility index (Phi) is 5.44. The van der Waals surface area contributed by atoms with Gasteiger partial charge in [-0.1, -0.05) is 72.8 Å². The largest absolute Gasteiger partial charge is 0.461 e. The first-order chi connectivity index (χ1) is 14.5. The van der Waals surface area contributed by atoms with Crippen LogP contribution in [0.3, 0.4) is 0 Å². The van der Waals surface area contributed by atoms with Crippen LogP contribution >= 0.6 is 0 Å². The minimum atomic E-state index is -0.865. The third kappa shape index (κ3) is 3.63. The number of amides is 1. The zero-order valence-electron chi connectivity index (χ0n) is 17.3. The van der Waals surface area contributed by atoms with Gasteiger partial charge in [-0.15, -0.1) is 0 Å². The summed E-state index contributed by atoms with van der Waals surface area (Å²) >= 11 is 0. The van der Waals surface area contributed by atoms with E-state index in [1.165, 1.54) is 4.90 Å². The molecule has 0 aliphatic carbocycles. The Labute approximate surface area is 176 Å². The van der Waals surface area contributed by atoms with Crippen LogP contribution in [0.1, 0.15) is 44.0 Å². The van der Waals surface area contributed by atoms with E-state index in [1.54, 1.807) is 13.8 Å². The lowest BCUT2D eigenvalue weighted by molar-refractivity contribution is -0.154. The fourth-order valence-electron chi connectivity index (χ4n) is 4.09. The number of esters is 1. The number of ether oxygens (including phenoxy) is 2. The number of hydrogen-bond donors (Lipinski definition) is 0. The zero-order chi connectivity index (χ0) is 21.3. The van der Waals surface area contributed by atoms with Crippen LogP contribution in [0.25, 0.3) is 10.8 Å².